The van der Waals surface area contributed by atoms with Crippen LogP contribution in [-0.2, 0) is 16.0 Å². The van der Waals surface area contributed by atoms with Gasteiger partial charge in [0.15, 0.2) is 0 Å². The summed E-state index contributed by atoms with van der Waals surface area (Å²) < 4.78 is 0. The van der Waals surface area contributed by atoms with Gasteiger partial charge in [-0.15, -0.1) is 11.3 Å². The molecule has 0 aliphatic carbocycles. The highest BCUT2D eigenvalue weighted by atomic mass is 32.1. The summed E-state index contributed by atoms with van der Waals surface area (Å²) in [6.07, 6.45) is 1.59. The molecule has 24 heavy (non-hydrogen) atoms. The topological polar surface area (TPSA) is 70.5 Å². The third-order valence-corrected chi connectivity index (χ3v) is 5.47. The smallest absolute Gasteiger partial charge is 0.308 e. The minimum atomic E-state index is -0.819. The number of carboxylic acids is 1. The third-order valence-electron chi connectivity index (χ3n) is 4.53. The number of hydrogen-bond donors (Lipinski definition) is 1. The van der Waals surface area contributed by atoms with E-state index in [0.29, 0.717) is 13.0 Å². The highest BCUT2D eigenvalue weighted by molar-refractivity contribution is 7.13. The molecule has 1 aromatic carbocycles. The third kappa shape index (κ3) is 3.48. The second-order valence-corrected chi connectivity index (χ2v) is 6.96. The minimum absolute atomic E-state index is 0.0432. The van der Waals surface area contributed by atoms with Gasteiger partial charge >= 0.3 is 5.97 Å². The molecule has 1 amide bonds. The molecule has 1 fully saturated rings. The Morgan fingerprint density at radius 1 is 1.33 bits per heavy atom. The molecule has 1 aliphatic heterocycles. The van der Waals surface area contributed by atoms with E-state index < -0.39 is 11.9 Å². The van der Waals surface area contributed by atoms with Gasteiger partial charge in [-0.3, -0.25) is 9.59 Å². The molecule has 0 bridgehead atoms. The minimum Gasteiger partial charge on any atom is -0.481 e. The van der Waals surface area contributed by atoms with E-state index in [9.17, 15) is 14.7 Å². The van der Waals surface area contributed by atoms with Crippen LogP contribution in [-0.4, -0.2) is 39.5 Å². The van der Waals surface area contributed by atoms with Crippen LogP contribution in [0.4, 0.5) is 0 Å². The summed E-state index contributed by atoms with van der Waals surface area (Å²) in [4.78, 5) is 30.1. The lowest BCUT2D eigenvalue weighted by molar-refractivity contribution is -0.148. The first-order chi connectivity index (χ1) is 11.6. The van der Waals surface area contributed by atoms with E-state index in [1.165, 1.54) is 11.3 Å². The predicted molar refractivity (Wildman–Crippen MR) is 92.8 cm³/mol. The molecule has 126 valence electrons. The number of carbonyl (C=O) groups is 2. The quantitative estimate of drug-likeness (QED) is 0.925. The molecule has 0 spiro atoms. The first-order valence-electron chi connectivity index (χ1n) is 8.08. The number of carbonyl (C=O) groups excluding carboxylic acids is 1. The van der Waals surface area contributed by atoms with Crippen molar-refractivity contribution < 1.29 is 14.7 Å². The Bertz CT molecular complexity index is 729. The lowest BCUT2D eigenvalue weighted by atomic mass is 9.90. The van der Waals surface area contributed by atoms with Crippen molar-refractivity contribution in [2.24, 2.45) is 5.92 Å². The lowest BCUT2D eigenvalue weighted by Gasteiger charge is -2.37. The molecule has 1 N–H and O–H groups in total. The fourth-order valence-corrected chi connectivity index (χ4v) is 4.01. The van der Waals surface area contributed by atoms with Gasteiger partial charge in [-0.05, 0) is 19.8 Å². The number of likely N-dealkylation sites (tertiary alicyclic amines) is 1. The lowest BCUT2D eigenvalue weighted by Crippen LogP contribution is -2.49. The van der Waals surface area contributed by atoms with Gasteiger partial charge in [0.1, 0.15) is 5.01 Å². The number of thiazole rings is 1. The molecule has 2 atom stereocenters. The van der Waals surface area contributed by atoms with Crippen LogP contribution in [0.3, 0.4) is 0 Å². The van der Waals surface area contributed by atoms with E-state index in [1.807, 2.05) is 42.6 Å². The Morgan fingerprint density at radius 2 is 2.08 bits per heavy atom. The zero-order valence-electron chi connectivity index (χ0n) is 13.5. The summed E-state index contributed by atoms with van der Waals surface area (Å²) >= 11 is 1.52. The number of carboxylic acid groups (broad SMARTS) is 1. The number of aliphatic carboxylic acids is 1. The number of benzene rings is 1. The van der Waals surface area contributed by atoms with Crippen molar-refractivity contribution in [1.29, 1.82) is 0 Å². The molecule has 1 aromatic heterocycles. The van der Waals surface area contributed by atoms with Crippen molar-refractivity contribution in [2.45, 2.75) is 32.2 Å². The van der Waals surface area contributed by atoms with Gasteiger partial charge in [-0.1, -0.05) is 30.3 Å². The van der Waals surface area contributed by atoms with Crippen molar-refractivity contribution in [3.63, 3.8) is 0 Å². The summed E-state index contributed by atoms with van der Waals surface area (Å²) in [5.74, 6) is -1.34. The SMILES string of the molecule is C[C@@H]1[C@H](C(=O)O)CCCN1C(=O)Cc1csc(-c2ccccc2)n1. The summed E-state index contributed by atoms with van der Waals surface area (Å²) in [5, 5.41) is 12.1. The van der Waals surface area contributed by atoms with Gasteiger partial charge in [-0.2, -0.15) is 0 Å². The average Bonchev–Trinajstić information content (AvgIpc) is 3.04. The number of nitrogens with zero attached hydrogens (tertiary/aromatic N) is 2. The second kappa shape index (κ2) is 7.13. The Morgan fingerprint density at radius 3 is 2.79 bits per heavy atom. The standard InChI is InChI=1S/C18H20N2O3S/c1-12-15(18(22)23)8-5-9-20(12)16(21)10-14-11-24-17(19-14)13-6-3-2-4-7-13/h2-4,6-7,11-12,15H,5,8-10H2,1H3,(H,22,23)/t12-,15-/m1/s1. The maximum atomic E-state index is 12.6. The summed E-state index contributed by atoms with van der Waals surface area (Å²) in [6.45, 7) is 2.45. The van der Waals surface area contributed by atoms with Crippen LogP contribution < -0.4 is 0 Å². The molecule has 2 heterocycles. The Labute approximate surface area is 145 Å². The van der Waals surface area contributed by atoms with Crippen LogP contribution in [0.25, 0.3) is 10.6 Å². The zero-order chi connectivity index (χ0) is 17.1. The maximum Gasteiger partial charge on any atom is 0.308 e. The van der Waals surface area contributed by atoms with Gasteiger partial charge in [0.2, 0.25) is 5.91 Å². The highest BCUT2D eigenvalue weighted by Crippen LogP contribution is 2.26. The molecule has 0 saturated carbocycles. The molecule has 1 saturated heterocycles. The fourth-order valence-electron chi connectivity index (χ4n) is 3.18. The molecule has 0 radical (unpaired) electrons. The van der Waals surface area contributed by atoms with Crippen LogP contribution in [0.5, 0.6) is 0 Å². The second-order valence-electron chi connectivity index (χ2n) is 6.10. The molecular formula is C18H20N2O3S. The van der Waals surface area contributed by atoms with Crippen LogP contribution in [0.15, 0.2) is 35.7 Å². The first kappa shape index (κ1) is 16.6. The molecule has 1 aliphatic rings. The highest BCUT2D eigenvalue weighted by Gasteiger charge is 2.35. The molecule has 3 rings (SSSR count). The molecule has 6 heteroatoms. The molecular weight excluding hydrogens is 324 g/mol. The van der Waals surface area contributed by atoms with Crippen molar-refractivity contribution in [2.75, 3.05) is 6.54 Å². The van der Waals surface area contributed by atoms with Crippen molar-refractivity contribution in [1.82, 2.24) is 9.88 Å². The largest absolute Gasteiger partial charge is 0.481 e. The van der Waals surface area contributed by atoms with Gasteiger partial charge in [0.25, 0.3) is 0 Å². The van der Waals surface area contributed by atoms with E-state index in [4.69, 9.17) is 0 Å². The Kier molecular flexibility index (Phi) is 4.94. The van der Waals surface area contributed by atoms with Gasteiger partial charge in [0, 0.05) is 23.5 Å². The van der Waals surface area contributed by atoms with Crippen molar-refractivity contribution in [3.05, 3.63) is 41.4 Å². The number of hydrogen-bond acceptors (Lipinski definition) is 4. The molecule has 5 nitrogen and oxygen atoms in total. The molecule has 2 aromatic rings. The Hall–Kier alpha value is -2.21. The van der Waals surface area contributed by atoms with Crippen LogP contribution in [0, 0.1) is 5.92 Å². The number of amides is 1. The van der Waals surface area contributed by atoms with E-state index >= 15 is 0 Å². The summed E-state index contributed by atoms with van der Waals surface area (Å²) in [7, 11) is 0. The van der Waals surface area contributed by atoms with Gasteiger partial charge in [0.05, 0.1) is 18.0 Å². The molecule has 0 unspecified atom stereocenters. The first-order valence-corrected chi connectivity index (χ1v) is 8.96. The van der Waals surface area contributed by atoms with Crippen molar-refractivity contribution >= 4 is 23.2 Å². The number of piperidine rings is 1. The maximum absolute atomic E-state index is 12.6. The predicted octanol–water partition coefficient (Wildman–Crippen LogP) is 3.06. The Balaban J connectivity index is 1.69. The monoisotopic (exact) mass is 344 g/mol. The fraction of sp³-hybridized carbons (Fsp3) is 0.389. The zero-order valence-corrected chi connectivity index (χ0v) is 14.3. The van der Waals surface area contributed by atoms with E-state index in [-0.39, 0.29) is 18.4 Å². The normalized spacial score (nSPS) is 20.8. The van der Waals surface area contributed by atoms with E-state index in [0.717, 1.165) is 22.7 Å². The van der Waals surface area contributed by atoms with E-state index in [2.05, 4.69) is 4.98 Å². The van der Waals surface area contributed by atoms with Crippen molar-refractivity contribution in [3.8, 4) is 10.6 Å². The summed E-state index contributed by atoms with van der Waals surface area (Å²) in [5.41, 5.74) is 1.78. The van der Waals surface area contributed by atoms with Crippen LogP contribution in [0.2, 0.25) is 0 Å². The van der Waals surface area contributed by atoms with Gasteiger partial charge in [-0.25, -0.2) is 4.98 Å². The van der Waals surface area contributed by atoms with Crippen LogP contribution in [0.1, 0.15) is 25.5 Å². The van der Waals surface area contributed by atoms with Gasteiger partial charge < -0.3 is 10.0 Å². The van der Waals surface area contributed by atoms with E-state index in [1.54, 1.807) is 4.90 Å². The van der Waals surface area contributed by atoms with Crippen LogP contribution >= 0.6 is 11.3 Å². The number of rotatable bonds is 4. The summed E-state index contributed by atoms with van der Waals surface area (Å²) in [6, 6.07) is 9.60. The average molecular weight is 344 g/mol. The number of aromatic nitrogens is 1.